The van der Waals surface area contributed by atoms with Gasteiger partial charge in [0.15, 0.2) is 0 Å². The second kappa shape index (κ2) is 5.63. The lowest BCUT2D eigenvalue weighted by Crippen LogP contribution is -2.45. The minimum Gasteiger partial charge on any atom is -0.378 e. The molecule has 0 atom stereocenters. The predicted molar refractivity (Wildman–Crippen MR) is 62.9 cm³/mol. The Morgan fingerprint density at radius 3 is 2.78 bits per heavy atom. The molecule has 18 heavy (non-hydrogen) atoms. The van der Waals surface area contributed by atoms with Gasteiger partial charge in [-0.25, -0.2) is 0 Å². The lowest BCUT2D eigenvalue weighted by atomic mass is 10.3. The van der Waals surface area contributed by atoms with E-state index in [0.717, 1.165) is 0 Å². The van der Waals surface area contributed by atoms with Gasteiger partial charge in [0.2, 0.25) is 5.91 Å². The number of nitrogens with zero attached hydrogens (tertiary/aromatic N) is 3. The molecule has 0 radical (unpaired) electrons. The molecule has 2 rings (SSSR count). The molecule has 1 aliphatic heterocycles. The zero-order valence-corrected chi connectivity index (χ0v) is 10.3. The molecule has 1 saturated heterocycles. The van der Waals surface area contributed by atoms with Crippen LogP contribution in [0.15, 0.2) is 12.3 Å². The maximum atomic E-state index is 11.8. The van der Waals surface area contributed by atoms with E-state index >= 15 is 0 Å². The molecule has 0 spiro atoms. The van der Waals surface area contributed by atoms with Crippen molar-refractivity contribution in [1.82, 2.24) is 20.0 Å². The van der Waals surface area contributed by atoms with Gasteiger partial charge in [-0.15, -0.1) is 0 Å². The molecule has 0 bridgehead atoms. The Labute approximate surface area is 105 Å². The molecular formula is C11H16N4O3. The number of hydrogen-bond acceptors (Lipinski definition) is 4. The van der Waals surface area contributed by atoms with Crippen molar-refractivity contribution in [1.29, 1.82) is 0 Å². The van der Waals surface area contributed by atoms with Gasteiger partial charge in [-0.05, 0) is 6.07 Å². The van der Waals surface area contributed by atoms with Crippen LogP contribution in [-0.2, 0) is 16.6 Å². The molecule has 7 heteroatoms. The van der Waals surface area contributed by atoms with E-state index in [-0.39, 0.29) is 18.4 Å². The SMILES string of the molecule is Cn1nccc1C(=O)NCC(=O)N1CCOCC1. The second-order valence-corrected chi connectivity index (χ2v) is 4.02. The molecule has 0 saturated carbocycles. The molecule has 7 nitrogen and oxygen atoms in total. The van der Waals surface area contributed by atoms with E-state index in [1.807, 2.05) is 0 Å². The van der Waals surface area contributed by atoms with Crippen LogP contribution in [0.5, 0.6) is 0 Å². The van der Waals surface area contributed by atoms with Gasteiger partial charge in [0.25, 0.3) is 5.91 Å². The fraction of sp³-hybridized carbons (Fsp3) is 0.545. The van der Waals surface area contributed by atoms with Crippen molar-refractivity contribution >= 4 is 11.8 Å². The van der Waals surface area contributed by atoms with Crippen molar-refractivity contribution in [2.45, 2.75) is 0 Å². The van der Waals surface area contributed by atoms with E-state index in [0.29, 0.717) is 32.0 Å². The van der Waals surface area contributed by atoms with Crippen molar-refractivity contribution in [3.8, 4) is 0 Å². The first-order chi connectivity index (χ1) is 8.68. The summed E-state index contributed by atoms with van der Waals surface area (Å²) in [7, 11) is 1.68. The number of carbonyl (C=O) groups excluding carboxylic acids is 2. The molecule has 0 unspecified atom stereocenters. The van der Waals surface area contributed by atoms with Crippen LogP contribution in [0.1, 0.15) is 10.5 Å². The number of aryl methyl sites for hydroxylation is 1. The fourth-order valence-corrected chi connectivity index (χ4v) is 1.77. The molecule has 1 aromatic rings. The summed E-state index contributed by atoms with van der Waals surface area (Å²) in [5.41, 5.74) is 0.435. The summed E-state index contributed by atoms with van der Waals surface area (Å²) in [6.45, 7) is 2.29. The number of amides is 2. The quantitative estimate of drug-likeness (QED) is 0.749. The zero-order chi connectivity index (χ0) is 13.0. The number of carbonyl (C=O) groups is 2. The highest BCUT2D eigenvalue weighted by molar-refractivity contribution is 5.95. The molecular weight excluding hydrogens is 236 g/mol. The van der Waals surface area contributed by atoms with E-state index in [2.05, 4.69) is 10.4 Å². The number of nitrogens with one attached hydrogen (secondary N) is 1. The molecule has 2 amide bonds. The Balaban J connectivity index is 1.82. The van der Waals surface area contributed by atoms with Gasteiger partial charge >= 0.3 is 0 Å². The number of rotatable bonds is 3. The highest BCUT2D eigenvalue weighted by atomic mass is 16.5. The molecule has 1 fully saturated rings. The minimum absolute atomic E-state index is 0.00398. The number of morpholine rings is 1. The average molecular weight is 252 g/mol. The molecule has 0 aromatic carbocycles. The van der Waals surface area contributed by atoms with E-state index < -0.39 is 0 Å². The van der Waals surface area contributed by atoms with Gasteiger partial charge in [-0.2, -0.15) is 5.10 Å². The van der Waals surface area contributed by atoms with E-state index in [9.17, 15) is 9.59 Å². The molecule has 1 aliphatic rings. The lowest BCUT2D eigenvalue weighted by Gasteiger charge is -2.26. The Morgan fingerprint density at radius 2 is 2.17 bits per heavy atom. The van der Waals surface area contributed by atoms with Crippen LogP contribution < -0.4 is 5.32 Å². The maximum Gasteiger partial charge on any atom is 0.269 e. The fourth-order valence-electron chi connectivity index (χ4n) is 1.77. The number of ether oxygens (including phenoxy) is 1. The topological polar surface area (TPSA) is 76.5 Å². The minimum atomic E-state index is -0.295. The highest BCUT2D eigenvalue weighted by Crippen LogP contribution is 1.98. The molecule has 0 aliphatic carbocycles. The summed E-state index contributed by atoms with van der Waals surface area (Å²) in [4.78, 5) is 25.2. The summed E-state index contributed by atoms with van der Waals surface area (Å²) in [5.74, 6) is -0.384. The van der Waals surface area contributed by atoms with Gasteiger partial charge in [-0.1, -0.05) is 0 Å². The monoisotopic (exact) mass is 252 g/mol. The van der Waals surface area contributed by atoms with Crippen LogP contribution in [0, 0.1) is 0 Å². The van der Waals surface area contributed by atoms with Crippen molar-refractivity contribution < 1.29 is 14.3 Å². The summed E-state index contributed by atoms with van der Waals surface area (Å²) < 4.78 is 6.62. The Hall–Kier alpha value is -1.89. The zero-order valence-electron chi connectivity index (χ0n) is 10.3. The third kappa shape index (κ3) is 2.86. The van der Waals surface area contributed by atoms with Gasteiger partial charge < -0.3 is 15.0 Å². The van der Waals surface area contributed by atoms with Gasteiger partial charge in [0.05, 0.1) is 19.8 Å². The Kier molecular flexibility index (Phi) is 3.93. The van der Waals surface area contributed by atoms with Crippen molar-refractivity contribution in [2.75, 3.05) is 32.8 Å². The Morgan fingerprint density at radius 1 is 1.44 bits per heavy atom. The van der Waals surface area contributed by atoms with Crippen molar-refractivity contribution in [3.05, 3.63) is 18.0 Å². The van der Waals surface area contributed by atoms with Gasteiger partial charge in [0.1, 0.15) is 5.69 Å². The predicted octanol–water partition coefficient (Wildman–Crippen LogP) is -0.991. The highest BCUT2D eigenvalue weighted by Gasteiger charge is 2.18. The standard InChI is InChI=1S/C11H16N4O3/c1-14-9(2-3-13-14)11(17)12-8-10(16)15-4-6-18-7-5-15/h2-3H,4-8H2,1H3,(H,12,17). The van der Waals surface area contributed by atoms with Gasteiger partial charge in [-0.3, -0.25) is 14.3 Å². The first kappa shape index (κ1) is 12.6. The van der Waals surface area contributed by atoms with Crippen LogP contribution in [0.3, 0.4) is 0 Å². The number of hydrogen-bond donors (Lipinski definition) is 1. The summed E-state index contributed by atoms with van der Waals surface area (Å²) in [5, 5.41) is 6.49. The van der Waals surface area contributed by atoms with Crippen LogP contribution >= 0.6 is 0 Å². The molecule has 1 N–H and O–H groups in total. The first-order valence-corrected chi connectivity index (χ1v) is 5.80. The third-order valence-electron chi connectivity index (χ3n) is 2.82. The maximum absolute atomic E-state index is 11.8. The van der Waals surface area contributed by atoms with E-state index in [4.69, 9.17) is 4.74 Å². The largest absolute Gasteiger partial charge is 0.378 e. The van der Waals surface area contributed by atoms with Crippen LogP contribution in [0.2, 0.25) is 0 Å². The van der Waals surface area contributed by atoms with Crippen LogP contribution in [0.25, 0.3) is 0 Å². The second-order valence-electron chi connectivity index (χ2n) is 4.02. The van der Waals surface area contributed by atoms with E-state index in [1.165, 1.54) is 4.68 Å². The first-order valence-electron chi connectivity index (χ1n) is 5.80. The Bertz CT molecular complexity index is 437. The summed E-state index contributed by atoms with van der Waals surface area (Å²) >= 11 is 0. The summed E-state index contributed by atoms with van der Waals surface area (Å²) in [6.07, 6.45) is 1.54. The smallest absolute Gasteiger partial charge is 0.269 e. The lowest BCUT2D eigenvalue weighted by molar-refractivity contribution is -0.134. The number of aromatic nitrogens is 2. The molecule has 98 valence electrons. The summed E-state index contributed by atoms with van der Waals surface area (Å²) in [6, 6.07) is 1.61. The average Bonchev–Trinajstić information content (AvgIpc) is 2.83. The van der Waals surface area contributed by atoms with Gasteiger partial charge in [0, 0.05) is 26.3 Å². The molecule has 1 aromatic heterocycles. The van der Waals surface area contributed by atoms with Crippen molar-refractivity contribution in [2.24, 2.45) is 7.05 Å². The van der Waals surface area contributed by atoms with E-state index in [1.54, 1.807) is 24.2 Å². The van der Waals surface area contributed by atoms with Crippen molar-refractivity contribution in [3.63, 3.8) is 0 Å². The van der Waals surface area contributed by atoms with Crippen LogP contribution in [-0.4, -0.2) is 59.3 Å². The third-order valence-corrected chi connectivity index (χ3v) is 2.82. The van der Waals surface area contributed by atoms with Crippen LogP contribution in [0.4, 0.5) is 0 Å². The molecule has 2 heterocycles. The normalized spacial score (nSPS) is 15.5.